The van der Waals surface area contributed by atoms with Crippen LogP contribution >= 0.6 is 0 Å². The van der Waals surface area contributed by atoms with Crippen molar-refractivity contribution in [2.45, 2.75) is 44.6 Å². The van der Waals surface area contributed by atoms with Crippen LogP contribution in [0.2, 0.25) is 0 Å². The summed E-state index contributed by atoms with van der Waals surface area (Å²) in [5, 5.41) is 3.39. The van der Waals surface area contributed by atoms with Crippen LogP contribution in [0.1, 0.15) is 38.5 Å². The Balaban J connectivity index is 1.99. The molecule has 68 valence electrons. The molecule has 1 rings (SSSR count). The van der Waals surface area contributed by atoms with Crippen molar-refractivity contribution in [1.82, 2.24) is 5.32 Å². The minimum Gasteiger partial charge on any atom is -0.317 e. The van der Waals surface area contributed by atoms with Gasteiger partial charge >= 0.3 is 0 Å². The van der Waals surface area contributed by atoms with E-state index in [2.05, 4.69) is 18.3 Å². The van der Waals surface area contributed by atoms with E-state index >= 15 is 0 Å². The molecule has 1 aliphatic carbocycles. The van der Waals surface area contributed by atoms with Crippen molar-refractivity contribution < 1.29 is 0 Å². The highest BCUT2D eigenvalue weighted by Crippen LogP contribution is 2.34. The van der Waals surface area contributed by atoms with Crippen molar-refractivity contribution in [3.8, 4) is 12.3 Å². The van der Waals surface area contributed by atoms with Gasteiger partial charge in [-0.05, 0) is 38.6 Å². The number of hydrogen-bond acceptors (Lipinski definition) is 1. The third kappa shape index (κ3) is 3.28. The number of rotatable bonds is 6. The van der Waals surface area contributed by atoms with Gasteiger partial charge in [-0.3, -0.25) is 0 Å². The third-order valence-corrected chi connectivity index (χ3v) is 2.65. The highest BCUT2D eigenvalue weighted by molar-refractivity contribution is 4.86. The Hall–Kier alpha value is -0.480. The maximum atomic E-state index is 5.18. The summed E-state index contributed by atoms with van der Waals surface area (Å²) in [5.41, 5.74) is 0. The Morgan fingerprint density at radius 1 is 1.50 bits per heavy atom. The molecular weight excluding hydrogens is 146 g/mol. The molecule has 0 radical (unpaired) electrons. The van der Waals surface area contributed by atoms with E-state index in [1.807, 2.05) is 0 Å². The highest BCUT2D eigenvalue weighted by Gasteiger charge is 2.29. The average molecular weight is 165 g/mol. The molecule has 0 aliphatic heterocycles. The summed E-state index contributed by atoms with van der Waals surface area (Å²) >= 11 is 0. The Morgan fingerprint density at radius 3 is 2.75 bits per heavy atom. The van der Waals surface area contributed by atoms with Gasteiger partial charge in [0, 0.05) is 12.5 Å². The smallest absolute Gasteiger partial charge is 0.00923 e. The molecule has 1 heteroatoms. The van der Waals surface area contributed by atoms with E-state index in [1.54, 1.807) is 0 Å². The normalized spacial score (nSPS) is 18.7. The lowest BCUT2D eigenvalue weighted by Gasteiger charge is -2.14. The van der Waals surface area contributed by atoms with Crippen molar-refractivity contribution in [2.75, 3.05) is 7.05 Å². The van der Waals surface area contributed by atoms with E-state index in [-0.39, 0.29) is 0 Å². The summed E-state index contributed by atoms with van der Waals surface area (Å²) in [6, 6.07) is 0.766. The van der Waals surface area contributed by atoms with E-state index < -0.39 is 0 Å². The van der Waals surface area contributed by atoms with Gasteiger partial charge in [0.1, 0.15) is 0 Å². The van der Waals surface area contributed by atoms with E-state index in [4.69, 9.17) is 6.42 Å². The average Bonchev–Trinajstić information content (AvgIpc) is 2.88. The van der Waals surface area contributed by atoms with E-state index in [0.717, 1.165) is 18.4 Å². The molecular formula is C11H19N. The molecule has 1 nitrogen and oxygen atoms in total. The van der Waals surface area contributed by atoms with Crippen LogP contribution in [-0.2, 0) is 0 Å². The molecule has 0 spiro atoms. The predicted octanol–water partition coefficient (Wildman–Crippen LogP) is 2.18. The minimum atomic E-state index is 0.766. The molecule has 0 aromatic rings. The van der Waals surface area contributed by atoms with E-state index in [9.17, 15) is 0 Å². The van der Waals surface area contributed by atoms with Crippen molar-refractivity contribution >= 4 is 0 Å². The zero-order valence-corrected chi connectivity index (χ0v) is 7.97. The molecule has 0 bridgehead atoms. The van der Waals surface area contributed by atoms with Gasteiger partial charge in [-0.15, -0.1) is 12.3 Å². The van der Waals surface area contributed by atoms with Gasteiger partial charge in [0.05, 0.1) is 0 Å². The second-order valence-corrected chi connectivity index (χ2v) is 3.68. The van der Waals surface area contributed by atoms with Gasteiger partial charge in [0.25, 0.3) is 0 Å². The van der Waals surface area contributed by atoms with Crippen molar-refractivity contribution in [3.63, 3.8) is 0 Å². The fourth-order valence-corrected chi connectivity index (χ4v) is 1.71. The Bertz CT molecular complexity index is 153. The second-order valence-electron chi connectivity index (χ2n) is 3.68. The molecule has 0 aromatic carbocycles. The van der Waals surface area contributed by atoms with E-state index in [0.29, 0.717) is 0 Å². The quantitative estimate of drug-likeness (QED) is 0.470. The summed E-state index contributed by atoms with van der Waals surface area (Å²) in [4.78, 5) is 0. The van der Waals surface area contributed by atoms with Crippen LogP contribution < -0.4 is 5.32 Å². The highest BCUT2D eigenvalue weighted by atomic mass is 14.9. The van der Waals surface area contributed by atoms with Gasteiger partial charge in [-0.25, -0.2) is 0 Å². The Labute approximate surface area is 75.9 Å². The monoisotopic (exact) mass is 165 g/mol. The lowest BCUT2D eigenvalue weighted by Crippen LogP contribution is -2.27. The first kappa shape index (κ1) is 9.61. The predicted molar refractivity (Wildman–Crippen MR) is 52.9 cm³/mol. The Kier molecular flexibility index (Phi) is 4.18. The van der Waals surface area contributed by atoms with Crippen molar-refractivity contribution in [2.24, 2.45) is 5.92 Å². The maximum absolute atomic E-state index is 5.18. The van der Waals surface area contributed by atoms with Crippen molar-refractivity contribution in [1.29, 1.82) is 0 Å². The first-order valence-corrected chi connectivity index (χ1v) is 4.99. The van der Waals surface area contributed by atoms with Gasteiger partial charge in [-0.2, -0.15) is 0 Å². The molecule has 0 heterocycles. The summed E-state index contributed by atoms with van der Waals surface area (Å²) < 4.78 is 0. The van der Waals surface area contributed by atoms with Crippen molar-refractivity contribution in [3.05, 3.63) is 0 Å². The van der Waals surface area contributed by atoms with Gasteiger partial charge in [0.15, 0.2) is 0 Å². The standard InChI is InChI=1S/C11H19N/c1-3-4-5-6-7-11(12-2)10-8-9-10/h1,10-12H,4-9H2,2H3. The molecule has 0 saturated heterocycles. The molecule has 1 N–H and O–H groups in total. The van der Waals surface area contributed by atoms with Gasteiger partial charge < -0.3 is 5.32 Å². The molecule has 1 saturated carbocycles. The lowest BCUT2D eigenvalue weighted by atomic mass is 10.0. The zero-order valence-electron chi connectivity index (χ0n) is 7.97. The number of nitrogens with one attached hydrogen (secondary N) is 1. The second kappa shape index (κ2) is 5.22. The molecule has 0 aromatic heterocycles. The number of unbranched alkanes of at least 4 members (excludes halogenated alkanes) is 2. The first-order valence-electron chi connectivity index (χ1n) is 4.99. The van der Waals surface area contributed by atoms with Crippen LogP contribution in [0.25, 0.3) is 0 Å². The Morgan fingerprint density at radius 2 is 2.25 bits per heavy atom. The first-order chi connectivity index (χ1) is 5.88. The number of hydrogen-bond donors (Lipinski definition) is 1. The molecule has 1 atom stereocenters. The SMILES string of the molecule is C#CCCCCC(NC)C1CC1. The third-order valence-electron chi connectivity index (χ3n) is 2.65. The molecule has 1 aliphatic rings. The van der Waals surface area contributed by atoms with E-state index in [1.165, 1.54) is 32.1 Å². The fraction of sp³-hybridized carbons (Fsp3) is 0.818. The van der Waals surface area contributed by atoms with Crippen LogP contribution in [0.3, 0.4) is 0 Å². The van der Waals surface area contributed by atoms with Crippen LogP contribution in [0.4, 0.5) is 0 Å². The summed E-state index contributed by atoms with van der Waals surface area (Å²) in [6.07, 6.45) is 12.8. The maximum Gasteiger partial charge on any atom is 0.00923 e. The zero-order chi connectivity index (χ0) is 8.81. The van der Waals surface area contributed by atoms with Gasteiger partial charge in [0.2, 0.25) is 0 Å². The van der Waals surface area contributed by atoms with Crippen LogP contribution in [-0.4, -0.2) is 13.1 Å². The van der Waals surface area contributed by atoms with Gasteiger partial charge in [-0.1, -0.05) is 6.42 Å². The lowest BCUT2D eigenvalue weighted by molar-refractivity contribution is 0.451. The molecule has 12 heavy (non-hydrogen) atoms. The fourth-order valence-electron chi connectivity index (χ4n) is 1.71. The minimum absolute atomic E-state index is 0.766. The van der Waals surface area contributed by atoms with Crippen LogP contribution in [0.5, 0.6) is 0 Å². The molecule has 1 fully saturated rings. The summed E-state index contributed by atoms with van der Waals surface area (Å²) in [7, 11) is 2.07. The summed E-state index contributed by atoms with van der Waals surface area (Å²) in [5.74, 6) is 3.66. The summed E-state index contributed by atoms with van der Waals surface area (Å²) in [6.45, 7) is 0. The number of terminal acetylenes is 1. The largest absolute Gasteiger partial charge is 0.317 e. The topological polar surface area (TPSA) is 12.0 Å². The molecule has 1 unspecified atom stereocenters. The molecule has 0 amide bonds. The van der Waals surface area contributed by atoms with Crippen LogP contribution in [0, 0.1) is 18.3 Å². The van der Waals surface area contributed by atoms with Crippen LogP contribution in [0.15, 0.2) is 0 Å².